The number of aromatic carboxylic acids is 1. The highest BCUT2D eigenvalue weighted by Gasteiger charge is 2.28. The van der Waals surface area contributed by atoms with Gasteiger partial charge in [-0.3, -0.25) is 0 Å². The summed E-state index contributed by atoms with van der Waals surface area (Å²) in [4.78, 5) is 19.8. The van der Waals surface area contributed by atoms with Gasteiger partial charge in [0.25, 0.3) is 0 Å². The second-order valence-electron chi connectivity index (χ2n) is 6.11. The van der Waals surface area contributed by atoms with Crippen LogP contribution >= 0.6 is 0 Å². The molecule has 0 unspecified atom stereocenters. The Morgan fingerprint density at radius 3 is 2.72 bits per heavy atom. The van der Waals surface area contributed by atoms with Gasteiger partial charge in [-0.2, -0.15) is 0 Å². The summed E-state index contributed by atoms with van der Waals surface area (Å²) in [6.45, 7) is 0. The SMILES string of the molecule is COc1cc(F)c2c(-c3ccc(C(=O)O)c(C4CC4)c3)ncnc2c1. The third-order valence-corrected chi connectivity index (χ3v) is 4.47. The summed E-state index contributed by atoms with van der Waals surface area (Å²) in [5, 5.41) is 9.68. The molecule has 0 amide bonds. The van der Waals surface area contributed by atoms with E-state index in [9.17, 15) is 14.3 Å². The molecule has 0 saturated heterocycles. The Hall–Kier alpha value is -3.02. The Morgan fingerprint density at radius 2 is 2.04 bits per heavy atom. The molecule has 1 saturated carbocycles. The van der Waals surface area contributed by atoms with Gasteiger partial charge >= 0.3 is 5.97 Å². The standard InChI is InChI=1S/C19H15FN2O3/c1-25-12-7-15(20)17-16(8-12)21-9-22-18(17)11-4-5-13(19(23)24)14(6-11)10-2-3-10/h4-10H,2-3H2,1H3,(H,23,24). The molecule has 1 aliphatic rings. The lowest BCUT2D eigenvalue weighted by atomic mass is 9.97. The van der Waals surface area contributed by atoms with E-state index < -0.39 is 11.8 Å². The van der Waals surface area contributed by atoms with E-state index in [2.05, 4.69) is 9.97 Å². The largest absolute Gasteiger partial charge is 0.497 e. The molecule has 0 atom stereocenters. The number of fused-ring (bicyclic) bond motifs is 1. The number of hydrogen-bond acceptors (Lipinski definition) is 4. The Balaban J connectivity index is 1.93. The summed E-state index contributed by atoms with van der Waals surface area (Å²) in [6.07, 6.45) is 3.32. The fourth-order valence-electron chi connectivity index (χ4n) is 3.09. The van der Waals surface area contributed by atoms with E-state index >= 15 is 0 Å². The molecule has 1 aromatic heterocycles. The molecule has 6 heteroatoms. The predicted octanol–water partition coefficient (Wildman–Crippen LogP) is 4.02. The summed E-state index contributed by atoms with van der Waals surface area (Å²) in [5.41, 5.74) is 2.65. The molecule has 5 nitrogen and oxygen atoms in total. The molecule has 25 heavy (non-hydrogen) atoms. The molecule has 4 rings (SSSR count). The van der Waals surface area contributed by atoms with Crippen molar-refractivity contribution in [1.82, 2.24) is 9.97 Å². The van der Waals surface area contributed by atoms with Gasteiger partial charge < -0.3 is 9.84 Å². The minimum Gasteiger partial charge on any atom is -0.497 e. The molecule has 1 fully saturated rings. The first-order chi connectivity index (χ1) is 12.1. The van der Waals surface area contributed by atoms with E-state index in [4.69, 9.17) is 4.74 Å². The molecule has 0 radical (unpaired) electrons. The number of carboxylic acids is 1. The summed E-state index contributed by atoms with van der Waals surface area (Å²) >= 11 is 0. The van der Waals surface area contributed by atoms with Gasteiger partial charge in [-0.1, -0.05) is 6.07 Å². The van der Waals surface area contributed by atoms with Crippen molar-refractivity contribution >= 4 is 16.9 Å². The van der Waals surface area contributed by atoms with Crippen LogP contribution in [-0.4, -0.2) is 28.2 Å². The summed E-state index contributed by atoms with van der Waals surface area (Å²) in [7, 11) is 1.47. The van der Waals surface area contributed by atoms with Crippen LogP contribution in [-0.2, 0) is 0 Å². The van der Waals surface area contributed by atoms with Crippen LogP contribution in [0.5, 0.6) is 5.75 Å². The van der Waals surface area contributed by atoms with Gasteiger partial charge in [0.2, 0.25) is 0 Å². The predicted molar refractivity (Wildman–Crippen MR) is 90.4 cm³/mol. The molecular weight excluding hydrogens is 323 g/mol. The lowest BCUT2D eigenvalue weighted by molar-refractivity contribution is 0.0695. The van der Waals surface area contributed by atoms with E-state index in [1.54, 1.807) is 18.2 Å². The van der Waals surface area contributed by atoms with E-state index in [0.717, 1.165) is 18.4 Å². The van der Waals surface area contributed by atoms with E-state index in [-0.39, 0.29) is 5.92 Å². The Morgan fingerprint density at radius 1 is 1.24 bits per heavy atom. The van der Waals surface area contributed by atoms with Crippen molar-refractivity contribution in [3.63, 3.8) is 0 Å². The maximum absolute atomic E-state index is 14.6. The van der Waals surface area contributed by atoms with Crippen LogP contribution in [0.25, 0.3) is 22.2 Å². The van der Waals surface area contributed by atoms with Crippen LogP contribution in [0.1, 0.15) is 34.7 Å². The summed E-state index contributed by atoms with van der Waals surface area (Å²) < 4.78 is 19.7. The lowest BCUT2D eigenvalue weighted by Gasteiger charge is -2.11. The second-order valence-corrected chi connectivity index (χ2v) is 6.11. The van der Waals surface area contributed by atoms with Crippen LogP contribution in [0.3, 0.4) is 0 Å². The molecule has 1 heterocycles. The topological polar surface area (TPSA) is 72.3 Å². The molecule has 0 aliphatic heterocycles. The van der Waals surface area contributed by atoms with E-state index in [1.165, 1.54) is 19.5 Å². The maximum atomic E-state index is 14.6. The van der Waals surface area contributed by atoms with Crippen LogP contribution in [0.2, 0.25) is 0 Å². The number of ether oxygens (including phenoxy) is 1. The van der Waals surface area contributed by atoms with Gasteiger partial charge in [0, 0.05) is 17.7 Å². The number of methoxy groups -OCH3 is 1. The van der Waals surface area contributed by atoms with Crippen LogP contribution in [0.15, 0.2) is 36.7 Å². The number of benzene rings is 2. The Kier molecular flexibility index (Phi) is 3.60. The monoisotopic (exact) mass is 338 g/mol. The van der Waals surface area contributed by atoms with Gasteiger partial charge in [0.15, 0.2) is 0 Å². The third kappa shape index (κ3) is 2.69. The third-order valence-electron chi connectivity index (χ3n) is 4.47. The summed E-state index contributed by atoms with van der Waals surface area (Å²) in [6, 6.07) is 7.99. The molecule has 0 spiro atoms. The van der Waals surface area contributed by atoms with E-state index in [0.29, 0.717) is 33.5 Å². The van der Waals surface area contributed by atoms with Gasteiger partial charge in [-0.15, -0.1) is 0 Å². The molecule has 2 aromatic carbocycles. The van der Waals surface area contributed by atoms with Crippen molar-refractivity contribution < 1.29 is 19.0 Å². The average molecular weight is 338 g/mol. The maximum Gasteiger partial charge on any atom is 0.335 e. The quantitative estimate of drug-likeness (QED) is 0.778. The highest BCUT2D eigenvalue weighted by atomic mass is 19.1. The van der Waals surface area contributed by atoms with Crippen molar-refractivity contribution in [3.05, 3.63) is 53.6 Å². The van der Waals surface area contributed by atoms with Gasteiger partial charge in [0.1, 0.15) is 17.9 Å². The molecule has 3 aromatic rings. The number of rotatable bonds is 4. The van der Waals surface area contributed by atoms with Gasteiger partial charge in [-0.05, 0) is 36.5 Å². The first kappa shape index (κ1) is 15.5. The first-order valence-electron chi connectivity index (χ1n) is 7.94. The van der Waals surface area contributed by atoms with Crippen molar-refractivity contribution in [2.45, 2.75) is 18.8 Å². The van der Waals surface area contributed by atoms with Crippen molar-refractivity contribution in [2.75, 3.05) is 7.11 Å². The highest BCUT2D eigenvalue weighted by molar-refractivity contribution is 5.95. The zero-order valence-electron chi connectivity index (χ0n) is 13.5. The zero-order valence-corrected chi connectivity index (χ0v) is 13.5. The van der Waals surface area contributed by atoms with Crippen molar-refractivity contribution in [3.8, 4) is 17.0 Å². The van der Waals surface area contributed by atoms with Crippen LogP contribution in [0.4, 0.5) is 4.39 Å². The normalized spacial score (nSPS) is 13.8. The molecule has 1 aliphatic carbocycles. The smallest absolute Gasteiger partial charge is 0.335 e. The number of aromatic nitrogens is 2. The second kappa shape index (κ2) is 5.81. The molecule has 0 bridgehead atoms. The summed E-state index contributed by atoms with van der Waals surface area (Å²) in [5.74, 6) is -0.782. The number of halogens is 1. The van der Waals surface area contributed by atoms with E-state index in [1.807, 2.05) is 6.07 Å². The Bertz CT molecular complexity index is 999. The van der Waals surface area contributed by atoms with Crippen LogP contribution in [0, 0.1) is 5.82 Å². The van der Waals surface area contributed by atoms with Crippen molar-refractivity contribution in [2.24, 2.45) is 0 Å². The van der Waals surface area contributed by atoms with Gasteiger partial charge in [0.05, 0.1) is 29.3 Å². The Labute approximate surface area is 143 Å². The fourth-order valence-corrected chi connectivity index (χ4v) is 3.09. The highest BCUT2D eigenvalue weighted by Crippen LogP contribution is 2.43. The van der Waals surface area contributed by atoms with Gasteiger partial charge in [-0.25, -0.2) is 19.2 Å². The first-order valence-corrected chi connectivity index (χ1v) is 7.94. The minimum atomic E-state index is -0.947. The molecule has 126 valence electrons. The van der Waals surface area contributed by atoms with Crippen molar-refractivity contribution in [1.29, 1.82) is 0 Å². The average Bonchev–Trinajstić information content (AvgIpc) is 3.45. The number of carboxylic acid groups (broad SMARTS) is 1. The fraction of sp³-hybridized carbons (Fsp3) is 0.211. The molecular formula is C19H15FN2O3. The van der Waals surface area contributed by atoms with Crippen LogP contribution < -0.4 is 4.74 Å². The lowest BCUT2D eigenvalue weighted by Crippen LogP contribution is -2.02. The number of carbonyl (C=O) groups is 1. The molecule has 1 N–H and O–H groups in total. The number of hydrogen-bond donors (Lipinski definition) is 1. The zero-order chi connectivity index (χ0) is 17.6. The number of nitrogens with zero attached hydrogens (tertiary/aromatic N) is 2. The minimum absolute atomic E-state index is 0.254.